The largest absolute Gasteiger partial charge is 0.490 e. The Morgan fingerprint density at radius 1 is 1.12 bits per heavy atom. The van der Waals surface area contributed by atoms with Gasteiger partial charge >= 0.3 is 23.5 Å². The fourth-order valence-corrected chi connectivity index (χ4v) is 7.22. The third-order valence-corrected chi connectivity index (χ3v) is 9.77. The summed E-state index contributed by atoms with van der Waals surface area (Å²) in [7, 11) is -16.7. The SMILES string of the molecule is Nc1ncnc2c1c(/C=C/C(=O)NCCc1ccccc1)cn2[C@H]1CC(O)[C@@H](COP(=O)(O)OP(=O)(O)OP(=O)(O)O)O1. The zero-order valence-corrected chi connectivity index (χ0v) is 24.7. The molecule has 0 spiro atoms. The van der Waals surface area contributed by atoms with E-state index in [-0.39, 0.29) is 18.1 Å². The molecule has 43 heavy (non-hydrogen) atoms. The van der Waals surface area contributed by atoms with Crippen LogP contribution >= 0.6 is 23.5 Å². The number of aromatic nitrogens is 3. The zero-order valence-electron chi connectivity index (χ0n) is 22.0. The topological polar surface area (TPSA) is 275 Å². The highest BCUT2D eigenvalue weighted by Gasteiger charge is 2.43. The average Bonchev–Trinajstić information content (AvgIpc) is 3.45. The normalized spacial score (nSPS) is 22.0. The molecule has 3 aromatic rings. The lowest BCUT2D eigenvalue weighted by Gasteiger charge is -2.19. The van der Waals surface area contributed by atoms with E-state index in [1.54, 1.807) is 6.20 Å². The Morgan fingerprint density at radius 2 is 1.84 bits per heavy atom. The molecule has 1 aliphatic heterocycles. The first-order valence-corrected chi connectivity index (χ1v) is 16.9. The summed E-state index contributed by atoms with van der Waals surface area (Å²) in [6.07, 6.45) is 2.71. The minimum atomic E-state index is -5.71. The van der Waals surface area contributed by atoms with Gasteiger partial charge in [-0.1, -0.05) is 30.3 Å². The Hall–Kier alpha value is -2.82. The van der Waals surface area contributed by atoms with Gasteiger partial charge in [0.05, 0.1) is 18.1 Å². The number of benzene rings is 1. The number of hydrogen-bond acceptors (Lipinski definition) is 12. The molecular formula is C22H28N5O13P3. The van der Waals surface area contributed by atoms with Crippen molar-refractivity contribution in [2.75, 3.05) is 18.9 Å². The van der Waals surface area contributed by atoms with E-state index in [1.807, 2.05) is 30.3 Å². The van der Waals surface area contributed by atoms with Crippen LogP contribution in [0.25, 0.3) is 17.1 Å². The number of fused-ring (bicyclic) bond motifs is 1. The van der Waals surface area contributed by atoms with Crippen LogP contribution in [0.4, 0.5) is 5.82 Å². The predicted molar refractivity (Wildman–Crippen MR) is 148 cm³/mol. The molecule has 21 heteroatoms. The van der Waals surface area contributed by atoms with Gasteiger partial charge < -0.3 is 45.0 Å². The highest BCUT2D eigenvalue weighted by atomic mass is 31.3. The minimum Gasteiger partial charge on any atom is -0.390 e. The van der Waals surface area contributed by atoms with Crippen molar-refractivity contribution < 1.29 is 61.1 Å². The molecule has 1 fully saturated rings. The first kappa shape index (κ1) is 33.1. The summed E-state index contributed by atoms with van der Waals surface area (Å²) in [4.78, 5) is 56.9. The molecule has 5 atom stereocenters. The number of hydrogen-bond donors (Lipinski definition) is 7. The van der Waals surface area contributed by atoms with Crippen molar-refractivity contribution in [1.82, 2.24) is 19.9 Å². The number of anilines is 1. The van der Waals surface area contributed by atoms with Gasteiger partial charge in [-0.3, -0.25) is 9.32 Å². The van der Waals surface area contributed by atoms with Gasteiger partial charge in [0.2, 0.25) is 5.91 Å². The molecule has 0 aliphatic carbocycles. The molecule has 4 rings (SSSR count). The van der Waals surface area contributed by atoms with Crippen molar-refractivity contribution in [1.29, 1.82) is 0 Å². The van der Waals surface area contributed by atoms with Crippen LogP contribution in [0, 0.1) is 0 Å². The fourth-order valence-electron chi connectivity index (χ4n) is 4.19. The lowest BCUT2D eigenvalue weighted by Crippen LogP contribution is -2.26. The molecule has 8 N–H and O–H groups in total. The molecule has 0 radical (unpaired) electrons. The molecule has 234 valence electrons. The summed E-state index contributed by atoms with van der Waals surface area (Å²) in [6, 6.07) is 9.62. The van der Waals surface area contributed by atoms with Gasteiger partial charge in [0.25, 0.3) is 0 Å². The fraction of sp³-hybridized carbons (Fsp3) is 0.318. The van der Waals surface area contributed by atoms with Gasteiger partial charge in [0.1, 0.15) is 30.1 Å². The zero-order chi connectivity index (χ0) is 31.4. The maximum Gasteiger partial charge on any atom is 0.490 e. The molecule has 1 saturated heterocycles. The second-order valence-electron chi connectivity index (χ2n) is 9.13. The molecule has 3 heterocycles. The Kier molecular flexibility index (Phi) is 10.3. The second-order valence-corrected chi connectivity index (χ2v) is 13.5. The maximum atomic E-state index is 12.4. The van der Waals surface area contributed by atoms with Crippen LogP contribution in [0.2, 0.25) is 0 Å². The maximum absolute atomic E-state index is 12.4. The molecule has 3 unspecified atom stereocenters. The van der Waals surface area contributed by atoms with Crippen LogP contribution < -0.4 is 11.1 Å². The lowest BCUT2D eigenvalue weighted by atomic mass is 10.1. The van der Waals surface area contributed by atoms with E-state index >= 15 is 0 Å². The smallest absolute Gasteiger partial charge is 0.390 e. The summed E-state index contributed by atoms with van der Waals surface area (Å²) >= 11 is 0. The van der Waals surface area contributed by atoms with E-state index in [9.17, 15) is 33.4 Å². The summed E-state index contributed by atoms with van der Waals surface area (Å²) in [5.74, 6) is -0.248. The first-order valence-electron chi connectivity index (χ1n) is 12.4. The van der Waals surface area contributed by atoms with Crippen LogP contribution in [0.3, 0.4) is 0 Å². The summed E-state index contributed by atoms with van der Waals surface area (Å²) in [5.41, 5.74) is 7.90. The summed E-state index contributed by atoms with van der Waals surface area (Å²) in [5, 5.41) is 13.7. The third-order valence-electron chi connectivity index (χ3n) is 5.97. The van der Waals surface area contributed by atoms with Crippen molar-refractivity contribution >= 4 is 52.3 Å². The molecule has 1 aromatic carbocycles. The summed E-state index contributed by atoms with van der Waals surface area (Å²) < 4.78 is 53.5. The van der Waals surface area contributed by atoms with Gasteiger partial charge in [-0.05, 0) is 18.1 Å². The van der Waals surface area contributed by atoms with Crippen LogP contribution in [0.5, 0.6) is 0 Å². The molecule has 2 aromatic heterocycles. The number of aliphatic hydroxyl groups excluding tert-OH is 1. The van der Waals surface area contributed by atoms with Crippen molar-refractivity contribution in [3.8, 4) is 0 Å². The third kappa shape index (κ3) is 9.33. The number of phosphoric ester groups is 1. The number of nitrogens with zero attached hydrogens (tertiary/aromatic N) is 3. The van der Waals surface area contributed by atoms with Crippen molar-refractivity contribution in [2.45, 2.75) is 31.3 Å². The number of rotatable bonds is 13. The second kappa shape index (κ2) is 13.4. The van der Waals surface area contributed by atoms with Gasteiger partial charge in [-0.2, -0.15) is 8.62 Å². The number of phosphoric acid groups is 3. The van der Waals surface area contributed by atoms with Crippen LogP contribution in [0.15, 0.2) is 48.9 Å². The van der Waals surface area contributed by atoms with Crippen molar-refractivity contribution in [3.05, 3.63) is 60.1 Å². The summed E-state index contributed by atoms with van der Waals surface area (Å²) in [6.45, 7) is -0.427. The highest BCUT2D eigenvalue weighted by molar-refractivity contribution is 7.66. The molecule has 1 amide bonds. The molecule has 0 saturated carbocycles. The Morgan fingerprint density at radius 3 is 2.53 bits per heavy atom. The van der Waals surface area contributed by atoms with Gasteiger partial charge in [0, 0.05) is 30.8 Å². The number of nitrogen functional groups attached to an aromatic ring is 1. The van der Waals surface area contributed by atoms with E-state index in [2.05, 4.69) is 28.4 Å². The van der Waals surface area contributed by atoms with Gasteiger partial charge in [-0.15, -0.1) is 0 Å². The van der Waals surface area contributed by atoms with E-state index in [0.717, 1.165) is 5.56 Å². The number of carbonyl (C=O) groups excluding carboxylic acids is 1. The van der Waals surface area contributed by atoms with E-state index in [4.69, 9.17) is 20.3 Å². The average molecular weight is 663 g/mol. The van der Waals surface area contributed by atoms with E-state index in [1.165, 1.54) is 23.0 Å². The number of amides is 1. The van der Waals surface area contributed by atoms with Crippen molar-refractivity contribution in [2.24, 2.45) is 0 Å². The quantitative estimate of drug-likeness (QED) is 0.100. The number of nitrogens with two attached hydrogens (primary N) is 1. The first-order chi connectivity index (χ1) is 20.1. The van der Waals surface area contributed by atoms with Gasteiger partial charge in [0.15, 0.2) is 0 Å². The Bertz CT molecular complexity index is 1630. The molecule has 0 bridgehead atoms. The lowest BCUT2D eigenvalue weighted by molar-refractivity contribution is -0.116. The number of ether oxygens (including phenoxy) is 1. The monoisotopic (exact) mass is 663 g/mol. The van der Waals surface area contributed by atoms with E-state index in [0.29, 0.717) is 29.6 Å². The number of carbonyl (C=O) groups is 1. The van der Waals surface area contributed by atoms with E-state index < -0.39 is 48.5 Å². The molecule has 18 nitrogen and oxygen atoms in total. The van der Waals surface area contributed by atoms with Crippen LogP contribution in [-0.2, 0) is 42.8 Å². The van der Waals surface area contributed by atoms with Gasteiger partial charge in [-0.25, -0.2) is 23.7 Å². The highest BCUT2D eigenvalue weighted by Crippen LogP contribution is 2.66. The standard InChI is InChI=1S/C22H28N5O13P3/c23-21-20-15(6-7-18(29)24-9-8-14-4-2-1-3-5-14)11-27(22(20)26-13-25-21)19-10-16(28)17(38-19)12-37-42(33,34)40-43(35,36)39-41(30,31)32/h1-7,11,13,16-17,19,28H,8-10,12H2,(H,24,29)(H,33,34)(H,35,36)(H2,23,25,26)(H2,30,31,32)/b7-6+/t16?,17-,19-/m1/s1. The van der Waals surface area contributed by atoms with Crippen LogP contribution in [-0.4, -0.2) is 70.5 Å². The number of aliphatic hydroxyl groups is 1. The minimum absolute atomic E-state index is 0.0682. The molecular weight excluding hydrogens is 635 g/mol. The number of nitrogens with one attached hydrogen (secondary N) is 1. The Balaban J connectivity index is 1.42. The van der Waals surface area contributed by atoms with Crippen LogP contribution in [0.1, 0.15) is 23.8 Å². The van der Waals surface area contributed by atoms with Crippen molar-refractivity contribution in [3.63, 3.8) is 0 Å². The Labute approximate surface area is 243 Å². The molecule has 1 aliphatic rings. The predicted octanol–water partition coefficient (Wildman–Crippen LogP) is 1.38.